The molecule has 5 rings (SSSR count). The Kier molecular flexibility index (Phi) is 5.89. The Morgan fingerprint density at radius 1 is 1.08 bits per heavy atom. The largest absolute Gasteiger partial charge is 0.453 e. The quantitative estimate of drug-likeness (QED) is 0.324. The first-order chi connectivity index (χ1) is 17.7. The molecule has 4 heterocycles. The molecule has 15 heteroatoms. The fraction of sp³-hybridized carbons (Fsp3) is 0.304. The molecule has 0 fully saturated rings. The summed E-state index contributed by atoms with van der Waals surface area (Å²) in [7, 11) is 1.52. The Balaban J connectivity index is 1.61. The number of nitrogen functional groups attached to an aromatic ring is 1. The number of carbonyl (C=O) groups is 1. The number of anilines is 2. The second-order valence-corrected chi connectivity index (χ2v) is 9.85. The molecule has 3 N–H and O–H groups in total. The van der Waals surface area contributed by atoms with Gasteiger partial charge in [0.05, 0.1) is 17.1 Å². The maximum Gasteiger partial charge on any atom is 0.453 e. The van der Waals surface area contributed by atoms with Crippen molar-refractivity contribution < 1.29 is 26.7 Å². The van der Waals surface area contributed by atoms with Crippen molar-refractivity contribution in [2.75, 3.05) is 11.1 Å². The van der Waals surface area contributed by atoms with E-state index in [-0.39, 0.29) is 34.6 Å². The van der Waals surface area contributed by atoms with Crippen LogP contribution in [0.2, 0.25) is 0 Å². The number of nitrogens with one attached hydrogen (secondary N) is 1. The van der Waals surface area contributed by atoms with E-state index in [0.29, 0.717) is 16.5 Å². The van der Waals surface area contributed by atoms with E-state index in [1.807, 2.05) is 0 Å². The third kappa shape index (κ3) is 4.04. The van der Waals surface area contributed by atoms with Crippen LogP contribution in [0.4, 0.5) is 33.6 Å². The molecule has 198 valence electrons. The minimum absolute atomic E-state index is 0.0226. The van der Waals surface area contributed by atoms with Gasteiger partial charge in [-0.25, -0.2) is 19.9 Å². The molecule has 0 saturated heterocycles. The van der Waals surface area contributed by atoms with Gasteiger partial charge in [-0.2, -0.15) is 27.1 Å². The average molecular weight is 597 g/mol. The number of aryl methyl sites for hydroxylation is 2. The molecule has 3 aromatic heterocycles. The Labute approximate surface area is 219 Å². The number of alkyl halides is 5. The van der Waals surface area contributed by atoms with Crippen LogP contribution < -0.4 is 11.1 Å². The molecule has 0 saturated carbocycles. The molecule has 1 unspecified atom stereocenters. The van der Waals surface area contributed by atoms with Crippen molar-refractivity contribution in [3.8, 4) is 11.5 Å². The van der Waals surface area contributed by atoms with Gasteiger partial charge in [0.2, 0.25) is 5.91 Å². The molecule has 0 bridgehead atoms. The summed E-state index contributed by atoms with van der Waals surface area (Å²) in [5.41, 5.74) is 6.30. The molecule has 0 spiro atoms. The smallest absolute Gasteiger partial charge is 0.383 e. The molecule has 0 aliphatic carbocycles. The number of nitrogens with two attached hydrogens (primary N) is 1. The van der Waals surface area contributed by atoms with Gasteiger partial charge in [-0.3, -0.25) is 9.48 Å². The molecule has 1 amide bonds. The second-order valence-electron chi connectivity index (χ2n) is 8.94. The average Bonchev–Trinajstić information content (AvgIpc) is 3.34. The zero-order valence-corrected chi connectivity index (χ0v) is 21.3. The number of rotatable bonds is 5. The number of benzene rings is 1. The Bertz CT molecular complexity index is 1590. The van der Waals surface area contributed by atoms with Crippen LogP contribution in [0.25, 0.3) is 22.6 Å². The van der Waals surface area contributed by atoms with E-state index in [2.05, 4.69) is 46.3 Å². The zero-order chi connectivity index (χ0) is 27.6. The van der Waals surface area contributed by atoms with Gasteiger partial charge in [-0.1, -0.05) is 28.1 Å². The van der Waals surface area contributed by atoms with Crippen molar-refractivity contribution in [2.24, 2.45) is 7.05 Å². The summed E-state index contributed by atoms with van der Waals surface area (Å²) in [6.07, 6.45) is -6.65. The van der Waals surface area contributed by atoms with E-state index in [1.54, 1.807) is 31.2 Å². The number of halogens is 6. The minimum atomic E-state index is -5.70. The van der Waals surface area contributed by atoms with Crippen molar-refractivity contribution in [3.05, 3.63) is 51.9 Å². The first-order valence-electron chi connectivity index (χ1n) is 11.1. The van der Waals surface area contributed by atoms with E-state index in [0.717, 1.165) is 4.47 Å². The van der Waals surface area contributed by atoms with Gasteiger partial charge < -0.3 is 11.1 Å². The van der Waals surface area contributed by atoms with Crippen LogP contribution in [0, 0.1) is 0 Å². The van der Waals surface area contributed by atoms with Crippen LogP contribution in [0.15, 0.2) is 34.9 Å². The van der Waals surface area contributed by atoms with Gasteiger partial charge in [0, 0.05) is 24.4 Å². The number of hydrogen-bond donors (Lipinski definition) is 2. The lowest BCUT2D eigenvalue weighted by atomic mass is 9.78. The molecule has 0 radical (unpaired) electrons. The predicted molar refractivity (Wildman–Crippen MR) is 130 cm³/mol. The van der Waals surface area contributed by atoms with Gasteiger partial charge in [-0.15, -0.1) is 0 Å². The van der Waals surface area contributed by atoms with Gasteiger partial charge in [-0.05, 0) is 24.6 Å². The lowest BCUT2D eigenvalue weighted by Gasteiger charge is -2.23. The number of hydrogen-bond acceptors (Lipinski definition) is 7. The van der Waals surface area contributed by atoms with Gasteiger partial charge in [0.1, 0.15) is 28.6 Å². The topological polar surface area (TPSA) is 124 Å². The van der Waals surface area contributed by atoms with E-state index in [1.165, 1.54) is 17.9 Å². The van der Waals surface area contributed by atoms with Crippen LogP contribution in [-0.4, -0.2) is 47.7 Å². The highest BCUT2D eigenvalue weighted by Gasteiger charge is 2.56. The molecular formula is C23H18BrF5N8O. The fourth-order valence-corrected chi connectivity index (χ4v) is 4.60. The minimum Gasteiger partial charge on any atom is -0.383 e. The lowest BCUT2D eigenvalue weighted by Crippen LogP contribution is -2.36. The summed E-state index contributed by atoms with van der Waals surface area (Å²) in [4.78, 5) is 30.2. The predicted octanol–water partition coefficient (Wildman–Crippen LogP) is 4.55. The number of aromatic nitrogens is 6. The third-order valence-electron chi connectivity index (χ3n) is 6.47. The number of carbonyl (C=O) groups excluding carboxylic acids is 1. The maximum absolute atomic E-state index is 13.6. The number of fused-ring (bicyclic) bond motifs is 2. The highest BCUT2D eigenvalue weighted by Crippen LogP contribution is 2.45. The SMILES string of the molecule is Cn1ncc2c(-c3nc(N)c4c(n3)NC(=O)C4(C)c3ccc(Br)cc3)nc(CCC(F)(F)C(F)(F)F)nc21. The van der Waals surface area contributed by atoms with E-state index < -0.39 is 36.3 Å². The molecule has 4 aromatic rings. The molecule has 1 atom stereocenters. The summed E-state index contributed by atoms with van der Waals surface area (Å²) in [6.45, 7) is 1.68. The Morgan fingerprint density at radius 3 is 2.42 bits per heavy atom. The van der Waals surface area contributed by atoms with Gasteiger partial charge >= 0.3 is 12.1 Å². The van der Waals surface area contributed by atoms with E-state index in [4.69, 9.17) is 5.73 Å². The standard InChI is InChI=1S/C23H18BrF5N8O/c1-21(10-3-5-11(24)6-4-10)14-16(30)34-18(35-17(14)36-20(21)38)15-12-9-31-37(2)19(12)33-13(32-15)7-8-22(25,26)23(27,28)29/h3-6,9H,7-8H2,1-2H3,(H3,30,34,35,36,38). The normalized spacial score (nSPS) is 17.6. The highest BCUT2D eigenvalue weighted by atomic mass is 79.9. The van der Waals surface area contributed by atoms with Crippen LogP contribution in [0.5, 0.6) is 0 Å². The van der Waals surface area contributed by atoms with Crippen molar-refractivity contribution in [1.82, 2.24) is 29.7 Å². The molecule has 1 aromatic carbocycles. The molecular weight excluding hydrogens is 579 g/mol. The van der Waals surface area contributed by atoms with E-state index in [9.17, 15) is 26.7 Å². The maximum atomic E-state index is 13.6. The fourth-order valence-electron chi connectivity index (χ4n) is 4.33. The Morgan fingerprint density at radius 2 is 1.76 bits per heavy atom. The van der Waals surface area contributed by atoms with Crippen LogP contribution in [-0.2, 0) is 23.7 Å². The second kappa shape index (κ2) is 8.64. The summed E-state index contributed by atoms with van der Waals surface area (Å²) in [5, 5.41) is 7.10. The summed E-state index contributed by atoms with van der Waals surface area (Å²) >= 11 is 3.36. The van der Waals surface area contributed by atoms with Gasteiger partial charge in [0.15, 0.2) is 11.5 Å². The summed E-state index contributed by atoms with van der Waals surface area (Å²) in [5.74, 6) is -5.58. The van der Waals surface area contributed by atoms with Crippen molar-refractivity contribution in [1.29, 1.82) is 0 Å². The lowest BCUT2D eigenvalue weighted by molar-refractivity contribution is -0.284. The molecule has 9 nitrogen and oxygen atoms in total. The molecule has 1 aliphatic rings. The summed E-state index contributed by atoms with van der Waals surface area (Å²) < 4.78 is 67.3. The highest BCUT2D eigenvalue weighted by molar-refractivity contribution is 9.10. The van der Waals surface area contributed by atoms with E-state index >= 15 is 0 Å². The van der Waals surface area contributed by atoms with Crippen molar-refractivity contribution >= 4 is 44.5 Å². The first kappa shape index (κ1) is 25.9. The third-order valence-corrected chi connectivity index (χ3v) is 7.00. The molecule has 38 heavy (non-hydrogen) atoms. The zero-order valence-electron chi connectivity index (χ0n) is 19.7. The van der Waals surface area contributed by atoms with Crippen molar-refractivity contribution in [3.63, 3.8) is 0 Å². The van der Waals surface area contributed by atoms with Crippen LogP contribution in [0.3, 0.4) is 0 Å². The number of amides is 1. The molecule has 1 aliphatic heterocycles. The first-order valence-corrected chi connectivity index (χ1v) is 11.9. The summed E-state index contributed by atoms with van der Waals surface area (Å²) in [6, 6.07) is 7.08. The number of nitrogens with zero attached hydrogens (tertiary/aromatic N) is 6. The van der Waals surface area contributed by atoms with Crippen molar-refractivity contribution in [2.45, 2.75) is 37.3 Å². The Hall–Kier alpha value is -3.75. The van der Waals surface area contributed by atoms with Gasteiger partial charge in [0.25, 0.3) is 0 Å². The van der Waals surface area contributed by atoms with Crippen LogP contribution >= 0.6 is 15.9 Å². The van der Waals surface area contributed by atoms with Crippen LogP contribution in [0.1, 0.15) is 30.3 Å². The monoisotopic (exact) mass is 596 g/mol.